The number of rotatable bonds is 8. The molecule has 1 saturated carbocycles. The Balaban J connectivity index is 1.68. The number of aromatic nitrogens is 2. The average molecular weight is 624 g/mol. The van der Waals surface area contributed by atoms with Crippen LogP contribution in [0.3, 0.4) is 0 Å². The molecule has 0 radical (unpaired) electrons. The number of halogens is 9. The lowest BCUT2D eigenvalue weighted by Crippen LogP contribution is -2.61. The number of carbonyl (C=O) groups excluding carboxylic acids is 1. The van der Waals surface area contributed by atoms with E-state index in [1.165, 1.54) is 10.2 Å². The van der Waals surface area contributed by atoms with E-state index < -0.39 is 105 Å². The van der Waals surface area contributed by atoms with Crippen molar-refractivity contribution in [2.75, 3.05) is 31.2 Å². The third kappa shape index (κ3) is 5.17. The van der Waals surface area contributed by atoms with Crippen molar-refractivity contribution >= 4 is 22.8 Å². The minimum absolute atomic E-state index is 0.0904. The molecule has 1 amide bonds. The molecule has 0 spiro atoms. The minimum atomic E-state index is -6.07. The number of nitrogens with zero attached hydrogens (tertiary/aromatic N) is 3. The fourth-order valence-electron chi connectivity index (χ4n) is 5.03. The van der Waals surface area contributed by atoms with Gasteiger partial charge in [-0.2, -0.15) is 22.0 Å². The third-order valence-corrected chi connectivity index (χ3v) is 7.55. The maximum atomic E-state index is 15.2. The van der Waals surface area contributed by atoms with Gasteiger partial charge in [0, 0.05) is 31.4 Å². The first-order chi connectivity index (χ1) is 20.0. The number of nitrogens with one attached hydrogen (secondary N) is 1. The Hall–Kier alpha value is -3.86. The first kappa shape index (κ1) is 30.6. The van der Waals surface area contributed by atoms with Crippen LogP contribution in [-0.2, 0) is 0 Å². The molecule has 1 aliphatic carbocycles. The zero-order valence-corrected chi connectivity index (χ0v) is 21.7. The van der Waals surface area contributed by atoms with Crippen LogP contribution in [0.15, 0.2) is 29.2 Å². The number of anilines is 1. The van der Waals surface area contributed by atoms with Gasteiger partial charge in [-0.05, 0) is 24.8 Å². The first-order valence-corrected chi connectivity index (χ1v) is 12.7. The molecule has 3 N–H and O–H groups in total. The number of carbonyl (C=O) groups is 1. The second kappa shape index (κ2) is 10.4. The van der Waals surface area contributed by atoms with Crippen molar-refractivity contribution in [1.82, 2.24) is 14.9 Å². The molecule has 3 heterocycles. The Bertz CT molecular complexity index is 1640. The Kier molecular flexibility index (Phi) is 7.40. The zero-order valence-electron chi connectivity index (χ0n) is 21.7. The Labute approximate surface area is 235 Å². The molecule has 43 heavy (non-hydrogen) atoms. The molecule has 232 valence electrons. The van der Waals surface area contributed by atoms with Crippen LogP contribution in [-0.4, -0.2) is 70.1 Å². The van der Waals surface area contributed by atoms with Crippen LogP contribution >= 0.6 is 0 Å². The number of aliphatic hydroxyl groups is 2. The van der Waals surface area contributed by atoms with Crippen LogP contribution in [0, 0.1) is 34.6 Å². The number of benzene rings is 1. The second-order valence-electron chi connectivity index (χ2n) is 10.7. The quantitative estimate of drug-likeness (QED) is 0.332. The van der Waals surface area contributed by atoms with Crippen molar-refractivity contribution in [2.45, 2.75) is 31.0 Å². The van der Waals surface area contributed by atoms with Crippen molar-refractivity contribution in [3.8, 4) is 5.69 Å². The summed E-state index contributed by atoms with van der Waals surface area (Å²) in [5.41, 5.74) is -5.45. The zero-order chi connectivity index (χ0) is 31.6. The summed E-state index contributed by atoms with van der Waals surface area (Å²) in [7, 11) is 0. The number of amides is 1. The Morgan fingerprint density at radius 1 is 1.00 bits per heavy atom. The second-order valence-corrected chi connectivity index (χ2v) is 10.7. The van der Waals surface area contributed by atoms with E-state index in [1.807, 2.05) is 0 Å². The highest BCUT2D eigenvalue weighted by molar-refractivity contribution is 5.97. The maximum Gasteiger partial charge on any atom is 0.455 e. The summed E-state index contributed by atoms with van der Waals surface area (Å²) in [4.78, 5) is 31.5. The van der Waals surface area contributed by atoms with E-state index in [9.17, 15) is 54.9 Å². The van der Waals surface area contributed by atoms with E-state index in [4.69, 9.17) is 0 Å². The van der Waals surface area contributed by atoms with Crippen LogP contribution in [0.1, 0.15) is 23.2 Å². The highest BCUT2D eigenvalue weighted by Gasteiger charge is 2.65. The molecule has 2 fully saturated rings. The molecule has 0 bridgehead atoms. The van der Waals surface area contributed by atoms with Crippen LogP contribution < -0.4 is 15.6 Å². The van der Waals surface area contributed by atoms with Crippen molar-refractivity contribution in [3.63, 3.8) is 0 Å². The average Bonchev–Trinajstić information content (AvgIpc) is 3.73. The smallest absolute Gasteiger partial charge is 0.396 e. The number of hydrogen-bond acceptors (Lipinski definition) is 6. The molecule has 3 aromatic rings. The molecular weight excluding hydrogens is 603 g/mol. The molecule has 2 aliphatic rings. The van der Waals surface area contributed by atoms with Gasteiger partial charge in [0.05, 0.1) is 24.0 Å². The van der Waals surface area contributed by atoms with E-state index in [-0.39, 0.29) is 38.1 Å². The normalized spacial score (nSPS) is 17.6. The van der Waals surface area contributed by atoms with Gasteiger partial charge in [0.15, 0.2) is 28.9 Å². The van der Waals surface area contributed by atoms with Crippen molar-refractivity contribution in [2.24, 2.45) is 11.3 Å². The van der Waals surface area contributed by atoms with Gasteiger partial charge in [0.1, 0.15) is 23.1 Å². The summed E-state index contributed by atoms with van der Waals surface area (Å²) in [5.74, 6) is -14.7. The monoisotopic (exact) mass is 624 g/mol. The van der Waals surface area contributed by atoms with Gasteiger partial charge >= 0.3 is 12.1 Å². The fraction of sp³-hybridized carbons (Fsp3) is 0.423. The number of alkyl halides is 5. The van der Waals surface area contributed by atoms with E-state index in [0.717, 1.165) is 0 Å². The highest BCUT2D eigenvalue weighted by Crippen LogP contribution is 2.47. The summed E-state index contributed by atoms with van der Waals surface area (Å²) < 4.78 is 127. The lowest BCUT2D eigenvalue weighted by atomic mass is 9.81. The van der Waals surface area contributed by atoms with Gasteiger partial charge in [-0.25, -0.2) is 22.5 Å². The fourth-order valence-corrected chi connectivity index (χ4v) is 5.03. The third-order valence-electron chi connectivity index (χ3n) is 7.55. The van der Waals surface area contributed by atoms with E-state index >= 15 is 4.39 Å². The van der Waals surface area contributed by atoms with E-state index in [2.05, 4.69) is 4.98 Å². The van der Waals surface area contributed by atoms with Gasteiger partial charge in [-0.3, -0.25) is 14.2 Å². The van der Waals surface area contributed by atoms with Crippen molar-refractivity contribution in [3.05, 3.63) is 63.5 Å². The molecule has 1 unspecified atom stereocenters. The van der Waals surface area contributed by atoms with E-state index in [0.29, 0.717) is 16.8 Å². The number of aliphatic hydroxyl groups excluding tert-OH is 2. The van der Waals surface area contributed by atoms with Crippen LogP contribution in [0.2, 0.25) is 0 Å². The number of hydrogen-bond donors (Lipinski definition) is 3. The molecule has 1 atom stereocenters. The highest BCUT2D eigenvalue weighted by atomic mass is 19.4. The lowest BCUT2D eigenvalue weighted by Gasteiger charge is -2.48. The number of pyridine rings is 2. The summed E-state index contributed by atoms with van der Waals surface area (Å²) >= 11 is 0. The summed E-state index contributed by atoms with van der Waals surface area (Å²) in [6.07, 6.45) is -5.83. The van der Waals surface area contributed by atoms with Crippen molar-refractivity contribution < 1.29 is 54.5 Å². The Morgan fingerprint density at radius 2 is 1.58 bits per heavy atom. The molecule has 1 aliphatic heterocycles. The molecule has 2 aromatic heterocycles. The Morgan fingerprint density at radius 3 is 2.09 bits per heavy atom. The molecule has 5 rings (SSSR count). The summed E-state index contributed by atoms with van der Waals surface area (Å²) in [5, 5.41) is 19.7. The molecular formula is C26H21F9N4O4. The first-order valence-electron chi connectivity index (χ1n) is 12.7. The number of fused-ring (bicyclic) bond motifs is 1. The predicted molar refractivity (Wildman–Crippen MR) is 131 cm³/mol. The summed E-state index contributed by atoms with van der Waals surface area (Å²) in [6.45, 7) is -1.23. The van der Waals surface area contributed by atoms with Crippen LogP contribution in [0.4, 0.5) is 45.3 Å². The molecule has 1 aromatic carbocycles. The SMILES string of the molecule is O=C(NC(C1CC1)C(F)(F)C(F)(F)F)c1cn(-c2c(F)cc(F)cc2F)c2nc(N3CC(CO)(CO)C3)c(F)cc2c1=O. The van der Waals surface area contributed by atoms with Gasteiger partial charge < -0.3 is 20.4 Å². The van der Waals surface area contributed by atoms with Crippen LogP contribution in [0.5, 0.6) is 0 Å². The van der Waals surface area contributed by atoms with Gasteiger partial charge in [0.2, 0.25) is 5.43 Å². The standard InChI is InChI=1S/C26H21F9N4O4/c27-12-3-15(28)18(16(29)4-12)39-6-14(23(43)36-20(11-1-2-11)25(31,32)26(33,34)35)19(42)13-5-17(30)22(37-21(13)39)38-7-24(8-38,9-40)10-41/h3-6,11,20,40-41H,1-2,7-10H2,(H,36,43). The topological polar surface area (TPSA) is 108 Å². The van der Waals surface area contributed by atoms with E-state index in [1.54, 1.807) is 0 Å². The predicted octanol–water partition coefficient (Wildman–Crippen LogP) is 3.44. The summed E-state index contributed by atoms with van der Waals surface area (Å²) in [6, 6.07) is -1.81. The van der Waals surface area contributed by atoms with Gasteiger partial charge in [-0.15, -0.1) is 0 Å². The molecule has 8 nitrogen and oxygen atoms in total. The van der Waals surface area contributed by atoms with Gasteiger partial charge in [-0.1, -0.05) is 0 Å². The minimum Gasteiger partial charge on any atom is -0.396 e. The van der Waals surface area contributed by atoms with Crippen molar-refractivity contribution in [1.29, 1.82) is 0 Å². The van der Waals surface area contributed by atoms with Crippen LogP contribution in [0.25, 0.3) is 16.7 Å². The lowest BCUT2D eigenvalue weighted by molar-refractivity contribution is -0.293. The molecule has 1 saturated heterocycles. The maximum absolute atomic E-state index is 15.2. The largest absolute Gasteiger partial charge is 0.455 e. The molecule has 17 heteroatoms. The van der Waals surface area contributed by atoms with Gasteiger partial charge in [0.25, 0.3) is 5.91 Å².